The van der Waals surface area contributed by atoms with Gasteiger partial charge in [0.1, 0.15) is 9.84 Å². The molecule has 0 spiro atoms. The van der Waals surface area contributed by atoms with Crippen LogP contribution in [0, 0.1) is 5.92 Å². The van der Waals surface area contributed by atoms with Crippen molar-refractivity contribution in [3.05, 3.63) is 0 Å². The monoisotopic (exact) mass is 216 g/mol. The van der Waals surface area contributed by atoms with Gasteiger partial charge in [0.2, 0.25) is 0 Å². The van der Waals surface area contributed by atoms with Crippen LogP contribution in [0.5, 0.6) is 0 Å². The maximum atomic E-state index is 11.9. The van der Waals surface area contributed by atoms with E-state index in [0.717, 1.165) is 0 Å². The lowest BCUT2D eigenvalue weighted by atomic mass is 9.99. The van der Waals surface area contributed by atoms with Crippen molar-refractivity contribution in [3.63, 3.8) is 0 Å². The van der Waals surface area contributed by atoms with E-state index in [1.807, 2.05) is 0 Å². The van der Waals surface area contributed by atoms with Gasteiger partial charge in [-0.2, -0.15) is 13.2 Å². The topological polar surface area (TPSA) is 34.1 Å². The lowest BCUT2D eigenvalue weighted by molar-refractivity contribution is -0.144. The predicted octanol–water partition coefficient (Wildman–Crippen LogP) is 1.76. The van der Waals surface area contributed by atoms with E-state index in [0.29, 0.717) is 0 Å². The molecule has 13 heavy (non-hydrogen) atoms. The van der Waals surface area contributed by atoms with E-state index in [4.69, 9.17) is 0 Å². The molecular formula is C7H11F3O2S. The SMILES string of the molecule is O=S1(=O)CCC(CC(F)(F)F)CC1. The van der Waals surface area contributed by atoms with Gasteiger partial charge >= 0.3 is 6.18 Å². The molecule has 2 nitrogen and oxygen atoms in total. The molecule has 0 radical (unpaired) electrons. The molecular weight excluding hydrogens is 205 g/mol. The first-order valence-corrected chi connectivity index (χ1v) is 5.88. The molecule has 0 N–H and O–H groups in total. The summed E-state index contributed by atoms with van der Waals surface area (Å²) in [5.41, 5.74) is 0. The zero-order valence-electron chi connectivity index (χ0n) is 6.97. The van der Waals surface area contributed by atoms with Gasteiger partial charge in [-0.25, -0.2) is 8.42 Å². The number of rotatable bonds is 1. The van der Waals surface area contributed by atoms with Crippen molar-refractivity contribution in [3.8, 4) is 0 Å². The van der Waals surface area contributed by atoms with Crippen LogP contribution in [0.4, 0.5) is 13.2 Å². The standard InChI is InChI=1S/C7H11F3O2S/c8-7(9,10)5-6-1-3-13(11,12)4-2-6/h6H,1-5H2. The minimum absolute atomic E-state index is 0.0895. The van der Waals surface area contributed by atoms with E-state index in [1.165, 1.54) is 0 Å². The molecule has 1 saturated heterocycles. The molecule has 1 fully saturated rings. The summed E-state index contributed by atoms with van der Waals surface area (Å²) in [7, 11) is -3.04. The fourth-order valence-corrected chi connectivity index (χ4v) is 3.06. The fraction of sp³-hybridized carbons (Fsp3) is 1.00. The van der Waals surface area contributed by atoms with Crippen LogP contribution < -0.4 is 0 Å². The molecule has 0 atom stereocenters. The zero-order chi connectivity index (χ0) is 10.1. The Morgan fingerprint density at radius 2 is 1.62 bits per heavy atom. The Hall–Kier alpha value is -0.260. The third-order valence-electron chi connectivity index (χ3n) is 2.19. The van der Waals surface area contributed by atoms with Crippen LogP contribution in [0.2, 0.25) is 0 Å². The zero-order valence-corrected chi connectivity index (χ0v) is 7.79. The Kier molecular flexibility index (Phi) is 2.89. The van der Waals surface area contributed by atoms with Crippen molar-refractivity contribution < 1.29 is 21.6 Å². The van der Waals surface area contributed by atoms with Crippen LogP contribution in [0.1, 0.15) is 19.3 Å². The van der Waals surface area contributed by atoms with Gasteiger partial charge in [-0.3, -0.25) is 0 Å². The highest BCUT2D eigenvalue weighted by Crippen LogP contribution is 2.31. The number of halogens is 3. The van der Waals surface area contributed by atoms with Gasteiger partial charge in [-0.15, -0.1) is 0 Å². The lowest BCUT2D eigenvalue weighted by Gasteiger charge is -2.22. The van der Waals surface area contributed by atoms with Gasteiger partial charge in [0.25, 0.3) is 0 Å². The molecule has 0 unspecified atom stereocenters. The van der Waals surface area contributed by atoms with E-state index < -0.39 is 28.4 Å². The fourth-order valence-electron chi connectivity index (χ4n) is 1.47. The molecule has 0 amide bonds. The molecule has 0 aromatic heterocycles. The van der Waals surface area contributed by atoms with Crippen LogP contribution in [0.3, 0.4) is 0 Å². The Morgan fingerprint density at radius 1 is 1.15 bits per heavy atom. The van der Waals surface area contributed by atoms with Crippen molar-refractivity contribution >= 4 is 9.84 Å². The maximum absolute atomic E-state index is 11.9. The molecule has 1 aliphatic rings. The Morgan fingerprint density at radius 3 is 2.00 bits per heavy atom. The maximum Gasteiger partial charge on any atom is 0.389 e. The van der Waals surface area contributed by atoms with Crippen LogP contribution in [0.15, 0.2) is 0 Å². The summed E-state index contributed by atoms with van der Waals surface area (Å²) in [6.07, 6.45) is -4.70. The van der Waals surface area contributed by atoms with Crippen molar-refractivity contribution in [2.45, 2.75) is 25.4 Å². The van der Waals surface area contributed by atoms with Crippen LogP contribution >= 0.6 is 0 Å². The summed E-state index contributed by atoms with van der Waals surface area (Å²) in [5.74, 6) is -0.676. The van der Waals surface area contributed by atoms with Crippen LogP contribution in [-0.4, -0.2) is 26.1 Å². The molecule has 0 saturated carbocycles. The quantitative estimate of drug-likeness (QED) is 0.669. The average Bonchev–Trinajstić information content (AvgIpc) is 1.91. The normalized spacial score (nSPS) is 24.5. The summed E-state index contributed by atoms with van der Waals surface area (Å²) in [5, 5.41) is 0. The second-order valence-corrected chi connectivity index (χ2v) is 5.72. The number of sulfone groups is 1. The number of hydrogen-bond acceptors (Lipinski definition) is 2. The van der Waals surface area contributed by atoms with Gasteiger partial charge in [0, 0.05) is 6.42 Å². The van der Waals surface area contributed by atoms with Gasteiger partial charge in [0.15, 0.2) is 0 Å². The average molecular weight is 216 g/mol. The summed E-state index contributed by atoms with van der Waals surface area (Å²) in [4.78, 5) is 0. The minimum atomic E-state index is -4.16. The highest BCUT2D eigenvalue weighted by atomic mass is 32.2. The second-order valence-electron chi connectivity index (χ2n) is 3.41. The van der Waals surface area contributed by atoms with E-state index in [1.54, 1.807) is 0 Å². The van der Waals surface area contributed by atoms with Gasteiger partial charge in [-0.1, -0.05) is 0 Å². The second kappa shape index (κ2) is 3.48. The van der Waals surface area contributed by atoms with Crippen molar-refractivity contribution in [1.29, 1.82) is 0 Å². The highest BCUT2D eigenvalue weighted by Gasteiger charge is 2.34. The van der Waals surface area contributed by atoms with E-state index in [2.05, 4.69) is 0 Å². The van der Waals surface area contributed by atoms with Crippen molar-refractivity contribution in [1.82, 2.24) is 0 Å². The molecule has 0 aromatic rings. The van der Waals surface area contributed by atoms with E-state index >= 15 is 0 Å². The van der Waals surface area contributed by atoms with Gasteiger partial charge in [-0.05, 0) is 18.8 Å². The highest BCUT2D eigenvalue weighted by molar-refractivity contribution is 7.91. The molecule has 6 heteroatoms. The number of alkyl halides is 3. The molecule has 1 rings (SSSR count). The third-order valence-corrected chi connectivity index (χ3v) is 3.91. The Bertz CT molecular complexity index is 254. The molecule has 0 aromatic carbocycles. The summed E-state index contributed by atoms with van der Waals surface area (Å²) in [6.45, 7) is 0. The lowest BCUT2D eigenvalue weighted by Crippen LogP contribution is -2.26. The Balaban J connectivity index is 2.43. The molecule has 1 heterocycles. The summed E-state index contributed by atoms with van der Waals surface area (Å²) >= 11 is 0. The first-order chi connectivity index (χ1) is 5.79. The van der Waals surface area contributed by atoms with Crippen LogP contribution in [-0.2, 0) is 9.84 Å². The van der Waals surface area contributed by atoms with Gasteiger partial charge < -0.3 is 0 Å². The number of hydrogen-bond donors (Lipinski definition) is 0. The van der Waals surface area contributed by atoms with E-state index in [-0.39, 0.29) is 24.3 Å². The van der Waals surface area contributed by atoms with Crippen molar-refractivity contribution in [2.24, 2.45) is 5.92 Å². The van der Waals surface area contributed by atoms with Gasteiger partial charge in [0.05, 0.1) is 11.5 Å². The molecule has 0 aliphatic carbocycles. The predicted molar refractivity (Wildman–Crippen MR) is 42.0 cm³/mol. The first-order valence-electron chi connectivity index (χ1n) is 4.06. The minimum Gasteiger partial charge on any atom is -0.229 e. The third kappa shape index (κ3) is 3.97. The molecule has 0 bridgehead atoms. The summed E-state index contributed by atoms with van der Waals surface area (Å²) in [6, 6.07) is 0. The Labute approximate surface area is 75.0 Å². The molecule has 1 aliphatic heterocycles. The van der Waals surface area contributed by atoms with E-state index in [9.17, 15) is 21.6 Å². The molecule has 78 valence electrons. The summed E-state index contributed by atoms with van der Waals surface area (Å²) < 4.78 is 57.4. The first kappa shape index (κ1) is 10.8. The smallest absolute Gasteiger partial charge is 0.229 e. The largest absolute Gasteiger partial charge is 0.389 e. The van der Waals surface area contributed by atoms with Crippen molar-refractivity contribution in [2.75, 3.05) is 11.5 Å². The van der Waals surface area contributed by atoms with Crippen LogP contribution in [0.25, 0.3) is 0 Å².